The van der Waals surface area contributed by atoms with Crippen molar-refractivity contribution in [1.29, 1.82) is 0 Å². The molecule has 0 aromatic carbocycles. The lowest BCUT2D eigenvalue weighted by molar-refractivity contribution is -0.120. The number of hydrogen-bond acceptors (Lipinski definition) is 5. The Hall–Kier alpha value is -0.980. The lowest BCUT2D eigenvalue weighted by atomic mass is 9.98. The normalized spacial score (nSPS) is 21.2. The van der Waals surface area contributed by atoms with Gasteiger partial charge in [0.1, 0.15) is 0 Å². The molecule has 0 bridgehead atoms. The maximum absolute atomic E-state index is 12.1. The number of thiazole rings is 1. The summed E-state index contributed by atoms with van der Waals surface area (Å²) in [5.74, 6) is -0.113. The predicted molar refractivity (Wildman–Crippen MR) is 83.4 cm³/mol. The first-order chi connectivity index (χ1) is 10.1. The molecule has 1 aromatic heterocycles. The molecule has 0 radical (unpaired) electrons. The van der Waals surface area contributed by atoms with Crippen LogP contribution in [-0.2, 0) is 17.8 Å². The fraction of sp³-hybridized carbons (Fsp3) is 0.733. The third-order valence-electron chi connectivity index (χ3n) is 4.53. The Morgan fingerprint density at radius 3 is 2.95 bits per heavy atom. The zero-order valence-electron chi connectivity index (χ0n) is 12.5. The van der Waals surface area contributed by atoms with Gasteiger partial charge in [-0.1, -0.05) is 19.8 Å². The van der Waals surface area contributed by atoms with Crippen LogP contribution in [0.15, 0.2) is 0 Å². The van der Waals surface area contributed by atoms with Crippen molar-refractivity contribution in [3.63, 3.8) is 0 Å². The number of anilines is 1. The number of likely N-dealkylation sites (N-methyl/N-ethyl adjacent to an activating group) is 1. The quantitative estimate of drug-likeness (QED) is 0.894. The molecule has 6 heteroatoms. The minimum atomic E-state index is -0.792. The standard InChI is InChI=1S/C15H23N3O2S/c1-2-18-8-5-11-12(10-18)21-14(16-11)17-13(19)9-15(20)6-3-4-7-15/h20H,2-10H2,1H3,(H,16,17,19). The lowest BCUT2D eigenvalue weighted by Crippen LogP contribution is -2.30. The number of rotatable bonds is 4. The van der Waals surface area contributed by atoms with E-state index in [1.165, 1.54) is 4.88 Å². The van der Waals surface area contributed by atoms with E-state index in [0.717, 1.165) is 57.4 Å². The van der Waals surface area contributed by atoms with Crippen LogP contribution in [0.4, 0.5) is 5.13 Å². The van der Waals surface area contributed by atoms with Crippen LogP contribution < -0.4 is 5.32 Å². The van der Waals surface area contributed by atoms with Crippen molar-refractivity contribution in [2.24, 2.45) is 0 Å². The van der Waals surface area contributed by atoms with E-state index in [4.69, 9.17) is 0 Å². The van der Waals surface area contributed by atoms with Gasteiger partial charge in [-0.05, 0) is 19.4 Å². The molecule has 116 valence electrons. The third kappa shape index (κ3) is 3.44. The van der Waals surface area contributed by atoms with E-state index in [2.05, 4.69) is 22.1 Å². The van der Waals surface area contributed by atoms with Gasteiger partial charge in [-0.25, -0.2) is 4.98 Å². The van der Waals surface area contributed by atoms with Crippen LogP contribution in [0.25, 0.3) is 0 Å². The molecular weight excluding hydrogens is 286 g/mol. The fourth-order valence-electron chi connectivity index (χ4n) is 3.24. The largest absolute Gasteiger partial charge is 0.389 e. The first-order valence-corrected chi connectivity index (χ1v) is 8.63. The summed E-state index contributed by atoms with van der Waals surface area (Å²) in [6, 6.07) is 0. The van der Waals surface area contributed by atoms with Gasteiger partial charge in [0.05, 0.1) is 17.7 Å². The van der Waals surface area contributed by atoms with Crippen molar-refractivity contribution in [3.8, 4) is 0 Å². The molecule has 5 nitrogen and oxygen atoms in total. The van der Waals surface area contributed by atoms with Gasteiger partial charge in [-0.15, -0.1) is 11.3 Å². The summed E-state index contributed by atoms with van der Waals surface area (Å²) in [7, 11) is 0. The van der Waals surface area contributed by atoms with E-state index in [1.807, 2.05) is 0 Å². The van der Waals surface area contributed by atoms with Gasteiger partial charge in [0.25, 0.3) is 0 Å². The molecule has 2 aliphatic rings. The third-order valence-corrected chi connectivity index (χ3v) is 5.53. The van der Waals surface area contributed by atoms with E-state index in [1.54, 1.807) is 11.3 Å². The molecule has 1 aliphatic carbocycles. The highest BCUT2D eigenvalue weighted by Gasteiger charge is 2.33. The SMILES string of the molecule is CCN1CCc2nc(NC(=O)CC3(O)CCCC3)sc2C1. The van der Waals surface area contributed by atoms with Gasteiger partial charge >= 0.3 is 0 Å². The maximum Gasteiger partial charge on any atom is 0.229 e. The zero-order valence-corrected chi connectivity index (χ0v) is 13.3. The highest BCUT2D eigenvalue weighted by atomic mass is 32.1. The molecule has 3 rings (SSSR count). The smallest absolute Gasteiger partial charge is 0.229 e. The van der Waals surface area contributed by atoms with Gasteiger partial charge in [-0.3, -0.25) is 9.69 Å². The average molecular weight is 309 g/mol. The van der Waals surface area contributed by atoms with Crippen molar-refractivity contribution >= 4 is 22.4 Å². The minimum absolute atomic E-state index is 0.113. The molecule has 2 heterocycles. The Kier molecular flexibility index (Phi) is 4.28. The molecule has 1 amide bonds. The predicted octanol–water partition coefficient (Wildman–Crippen LogP) is 2.15. The van der Waals surface area contributed by atoms with Gasteiger partial charge in [0.15, 0.2) is 5.13 Å². The van der Waals surface area contributed by atoms with Gasteiger partial charge in [0, 0.05) is 24.4 Å². The molecule has 0 atom stereocenters. The lowest BCUT2D eigenvalue weighted by Gasteiger charge is -2.23. The molecule has 21 heavy (non-hydrogen) atoms. The summed E-state index contributed by atoms with van der Waals surface area (Å²) in [5.41, 5.74) is 0.333. The highest BCUT2D eigenvalue weighted by molar-refractivity contribution is 7.15. The summed E-state index contributed by atoms with van der Waals surface area (Å²) in [5, 5.41) is 13.8. The molecule has 0 spiro atoms. The molecule has 1 fully saturated rings. The Bertz CT molecular complexity index is 523. The summed E-state index contributed by atoms with van der Waals surface area (Å²) in [6.45, 7) is 5.19. The van der Waals surface area contributed by atoms with Gasteiger partial charge in [-0.2, -0.15) is 0 Å². The first-order valence-electron chi connectivity index (χ1n) is 7.81. The maximum atomic E-state index is 12.1. The number of fused-ring (bicyclic) bond motifs is 1. The van der Waals surface area contributed by atoms with Crippen LogP contribution in [0.1, 0.15) is 49.6 Å². The number of carbonyl (C=O) groups is 1. The monoisotopic (exact) mass is 309 g/mol. The minimum Gasteiger partial charge on any atom is -0.389 e. The fourth-order valence-corrected chi connectivity index (χ4v) is 4.31. The number of aromatic nitrogens is 1. The molecule has 1 aromatic rings. The van der Waals surface area contributed by atoms with Gasteiger partial charge in [0.2, 0.25) is 5.91 Å². The van der Waals surface area contributed by atoms with Crippen LogP contribution in [0.3, 0.4) is 0 Å². The molecule has 0 unspecified atom stereocenters. The summed E-state index contributed by atoms with van der Waals surface area (Å²) < 4.78 is 0. The molecule has 1 saturated carbocycles. The van der Waals surface area contributed by atoms with Gasteiger partial charge < -0.3 is 10.4 Å². The van der Waals surface area contributed by atoms with Crippen molar-refractivity contribution in [2.45, 2.75) is 57.6 Å². The van der Waals surface area contributed by atoms with Crippen molar-refractivity contribution in [2.75, 3.05) is 18.4 Å². The Morgan fingerprint density at radius 1 is 1.48 bits per heavy atom. The molecular formula is C15H23N3O2S. The molecule has 0 saturated heterocycles. The van der Waals surface area contributed by atoms with E-state index in [9.17, 15) is 9.90 Å². The van der Waals surface area contributed by atoms with Crippen molar-refractivity contribution in [1.82, 2.24) is 9.88 Å². The van der Waals surface area contributed by atoms with Crippen LogP contribution in [0.2, 0.25) is 0 Å². The van der Waals surface area contributed by atoms with Crippen LogP contribution in [0.5, 0.6) is 0 Å². The van der Waals surface area contributed by atoms with Crippen molar-refractivity contribution in [3.05, 3.63) is 10.6 Å². The Balaban J connectivity index is 1.60. The molecule has 2 N–H and O–H groups in total. The molecule has 1 aliphatic heterocycles. The zero-order chi connectivity index (χ0) is 14.9. The van der Waals surface area contributed by atoms with Crippen LogP contribution in [0, 0.1) is 0 Å². The van der Waals surface area contributed by atoms with Crippen molar-refractivity contribution < 1.29 is 9.90 Å². The second-order valence-electron chi connectivity index (χ2n) is 6.16. The second kappa shape index (κ2) is 6.02. The van der Waals surface area contributed by atoms with E-state index in [0.29, 0.717) is 5.13 Å². The summed E-state index contributed by atoms with van der Waals surface area (Å²) in [4.78, 5) is 20.3. The number of amides is 1. The topological polar surface area (TPSA) is 65.5 Å². The van der Waals surface area contributed by atoms with E-state index < -0.39 is 5.60 Å². The number of hydrogen-bond donors (Lipinski definition) is 2. The Labute approximate surface area is 129 Å². The number of nitrogens with zero attached hydrogens (tertiary/aromatic N) is 2. The number of carbonyl (C=O) groups excluding carboxylic acids is 1. The van der Waals surface area contributed by atoms with Crippen LogP contribution in [-0.4, -0.2) is 39.6 Å². The van der Waals surface area contributed by atoms with E-state index >= 15 is 0 Å². The number of aliphatic hydroxyl groups is 1. The summed E-state index contributed by atoms with van der Waals surface area (Å²) in [6.07, 6.45) is 4.66. The second-order valence-corrected chi connectivity index (χ2v) is 7.25. The first kappa shape index (κ1) is 14.9. The van der Waals surface area contributed by atoms with E-state index in [-0.39, 0.29) is 12.3 Å². The average Bonchev–Trinajstić information content (AvgIpc) is 3.03. The summed E-state index contributed by atoms with van der Waals surface area (Å²) >= 11 is 1.57. The number of nitrogens with one attached hydrogen (secondary N) is 1. The van der Waals surface area contributed by atoms with Crippen LogP contribution >= 0.6 is 11.3 Å². The Morgan fingerprint density at radius 2 is 2.24 bits per heavy atom. The highest BCUT2D eigenvalue weighted by Crippen LogP contribution is 2.33.